The summed E-state index contributed by atoms with van der Waals surface area (Å²) in [6, 6.07) is 5.59. The second-order valence-corrected chi connectivity index (χ2v) is 3.53. The number of hydrogen-bond acceptors (Lipinski definition) is 2. The molecule has 0 radical (unpaired) electrons. The van der Waals surface area contributed by atoms with Gasteiger partial charge in [0.2, 0.25) is 0 Å². The SMILES string of the molecule is NCCNCc1ccc(Cl)c(Cl)c1. The van der Waals surface area contributed by atoms with Gasteiger partial charge < -0.3 is 11.1 Å². The summed E-state index contributed by atoms with van der Waals surface area (Å²) >= 11 is 11.6. The van der Waals surface area contributed by atoms with Crippen molar-refractivity contribution in [1.29, 1.82) is 0 Å². The van der Waals surface area contributed by atoms with Crippen LogP contribution in [-0.2, 0) is 6.54 Å². The topological polar surface area (TPSA) is 38.0 Å². The lowest BCUT2D eigenvalue weighted by molar-refractivity contribution is 0.695. The molecule has 0 saturated heterocycles. The molecule has 13 heavy (non-hydrogen) atoms. The van der Waals surface area contributed by atoms with Crippen LogP contribution in [0.2, 0.25) is 10.0 Å². The van der Waals surface area contributed by atoms with Gasteiger partial charge in [0.25, 0.3) is 0 Å². The summed E-state index contributed by atoms with van der Waals surface area (Å²) in [5, 5.41) is 4.35. The van der Waals surface area contributed by atoms with Gasteiger partial charge >= 0.3 is 0 Å². The maximum Gasteiger partial charge on any atom is 0.0595 e. The summed E-state index contributed by atoms with van der Waals surface area (Å²) in [6.45, 7) is 2.22. The summed E-state index contributed by atoms with van der Waals surface area (Å²) in [7, 11) is 0. The Labute approximate surface area is 88.0 Å². The lowest BCUT2D eigenvalue weighted by Gasteiger charge is -2.04. The van der Waals surface area contributed by atoms with Gasteiger partial charge in [-0.2, -0.15) is 0 Å². The molecule has 1 aromatic carbocycles. The van der Waals surface area contributed by atoms with Gasteiger partial charge in [-0.05, 0) is 17.7 Å². The van der Waals surface area contributed by atoms with Crippen LogP contribution in [0.5, 0.6) is 0 Å². The Bertz CT molecular complexity index is 276. The van der Waals surface area contributed by atoms with E-state index in [-0.39, 0.29) is 0 Å². The van der Waals surface area contributed by atoms with Crippen LogP contribution in [-0.4, -0.2) is 13.1 Å². The Morgan fingerprint density at radius 2 is 2.00 bits per heavy atom. The summed E-state index contributed by atoms with van der Waals surface area (Å²) in [6.07, 6.45) is 0. The number of nitrogens with two attached hydrogens (primary N) is 1. The smallest absolute Gasteiger partial charge is 0.0595 e. The summed E-state index contributed by atoms with van der Waals surface area (Å²) in [5.74, 6) is 0. The van der Waals surface area contributed by atoms with Gasteiger partial charge in [-0.3, -0.25) is 0 Å². The van der Waals surface area contributed by atoms with E-state index >= 15 is 0 Å². The Morgan fingerprint density at radius 3 is 2.62 bits per heavy atom. The van der Waals surface area contributed by atoms with Crippen molar-refractivity contribution >= 4 is 23.2 Å². The third-order valence-corrected chi connectivity index (χ3v) is 2.37. The molecule has 0 aliphatic heterocycles. The molecule has 1 aromatic rings. The van der Waals surface area contributed by atoms with Crippen LogP contribution in [0.25, 0.3) is 0 Å². The maximum absolute atomic E-state index is 5.84. The molecule has 1 rings (SSSR count). The number of nitrogens with one attached hydrogen (secondary N) is 1. The van der Waals surface area contributed by atoms with Crippen molar-refractivity contribution in [1.82, 2.24) is 5.32 Å². The molecule has 0 aliphatic carbocycles. The van der Waals surface area contributed by atoms with Crippen LogP contribution in [0.15, 0.2) is 18.2 Å². The average molecular weight is 219 g/mol. The fourth-order valence-electron chi connectivity index (χ4n) is 0.984. The molecule has 0 unspecified atom stereocenters. The maximum atomic E-state index is 5.84. The zero-order valence-corrected chi connectivity index (χ0v) is 8.70. The normalized spacial score (nSPS) is 10.4. The van der Waals surface area contributed by atoms with E-state index in [1.165, 1.54) is 0 Å². The number of hydrogen-bond donors (Lipinski definition) is 2. The molecule has 0 spiro atoms. The highest BCUT2D eigenvalue weighted by Crippen LogP contribution is 2.22. The molecule has 0 fully saturated rings. The van der Waals surface area contributed by atoms with Gasteiger partial charge in [0.05, 0.1) is 10.0 Å². The minimum absolute atomic E-state index is 0.587. The molecule has 0 heterocycles. The Hall–Kier alpha value is -0.280. The number of rotatable bonds is 4. The molecule has 0 aromatic heterocycles. The van der Waals surface area contributed by atoms with Crippen LogP contribution in [0.4, 0.5) is 0 Å². The van der Waals surface area contributed by atoms with Crippen molar-refractivity contribution in [3.8, 4) is 0 Å². The Balaban J connectivity index is 2.53. The first kappa shape index (κ1) is 10.8. The summed E-state index contributed by atoms with van der Waals surface area (Å²) < 4.78 is 0. The van der Waals surface area contributed by atoms with Gasteiger partial charge in [-0.15, -0.1) is 0 Å². The van der Waals surface area contributed by atoms with Crippen molar-refractivity contribution < 1.29 is 0 Å². The fourth-order valence-corrected chi connectivity index (χ4v) is 1.31. The molecular formula is C9H12Cl2N2. The number of halogens is 2. The molecule has 72 valence electrons. The van der Waals surface area contributed by atoms with Gasteiger partial charge in [0.15, 0.2) is 0 Å². The molecule has 0 bridgehead atoms. The minimum Gasteiger partial charge on any atom is -0.329 e. The van der Waals surface area contributed by atoms with Crippen molar-refractivity contribution in [2.45, 2.75) is 6.54 Å². The third-order valence-electron chi connectivity index (χ3n) is 1.63. The second kappa shape index (κ2) is 5.45. The largest absolute Gasteiger partial charge is 0.329 e. The van der Waals surface area contributed by atoms with Gasteiger partial charge in [-0.1, -0.05) is 29.3 Å². The van der Waals surface area contributed by atoms with Gasteiger partial charge in [-0.25, -0.2) is 0 Å². The summed E-state index contributed by atoms with van der Waals surface area (Å²) in [4.78, 5) is 0. The lowest BCUT2D eigenvalue weighted by Crippen LogP contribution is -2.21. The van der Waals surface area contributed by atoms with Crippen molar-refractivity contribution in [2.24, 2.45) is 5.73 Å². The zero-order valence-electron chi connectivity index (χ0n) is 7.19. The Kier molecular flexibility index (Phi) is 4.53. The van der Waals surface area contributed by atoms with Gasteiger partial charge in [0, 0.05) is 19.6 Å². The predicted octanol–water partition coefficient (Wildman–Crippen LogP) is 2.04. The Morgan fingerprint density at radius 1 is 1.23 bits per heavy atom. The van der Waals surface area contributed by atoms with E-state index in [1.54, 1.807) is 6.07 Å². The molecule has 0 saturated carbocycles. The molecule has 2 nitrogen and oxygen atoms in total. The minimum atomic E-state index is 0.587. The third kappa shape index (κ3) is 3.53. The molecule has 0 aliphatic rings. The quantitative estimate of drug-likeness (QED) is 0.760. The van der Waals surface area contributed by atoms with E-state index < -0.39 is 0 Å². The van der Waals surface area contributed by atoms with Crippen molar-refractivity contribution in [3.05, 3.63) is 33.8 Å². The first-order valence-electron chi connectivity index (χ1n) is 4.08. The molecule has 4 heteroatoms. The van der Waals surface area contributed by atoms with Crippen LogP contribution < -0.4 is 11.1 Å². The van der Waals surface area contributed by atoms with E-state index in [2.05, 4.69) is 5.32 Å². The molecular weight excluding hydrogens is 207 g/mol. The van der Waals surface area contributed by atoms with E-state index in [9.17, 15) is 0 Å². The second-order valence-electron chi connectivity index (χ2n) is 2.71. The lowest BCUT2D eigenvalue weighted by atomic mass is 10.2. The average Bonchev–Trinajstić information content (AvgIpc) is 2.12. The first-order chi connectivity index (χ1) is 6.24. The monoisotopic (exact) mass is 218 g/mol. The van der Waals surface area contributed by atoms with E-state index in [0.29, 0.717) is 16.6 Å². The highest BCUT2D eigenvalue weighted by molar-refractivity contribution is 6.41. The van der Waals surface area contributed by atoms with Crippen LogP contribution in [0, 0.1) is 0 Å². The van der Waals surface area contributed by atoms with Crippen molar-refractivity contribution in [3.63, 3.8) is 0 Å². The predicted molar refractivity (Wildman–Crippen MR) is 57.2 cm³/mol. The van der Waals surface area contributed by atoms with Gasteiger partial charge in [0.1, 0.15) is 0 Å². The summed E-state index contributed by atoms with van der Waals surface area (Å²) in [5.41, 5.74) is 6.45. The standard InChI is InChI=1S/C9H12Cl2N2/c10-8-2-1-7(5-9(8)11)6-13-4-3-12/h1-2,5,13H,3-4,6,12H2. The van der Waals surface area contributed by atoms with Crippen molar-refractivity contribution in [2.75, 3.05) is 13.1 Å². The fraction of sp³-hybridized carbons (Fsp3) is 0.333. The van der Waals surface area contributed by atoms with Crippen LogP contribution in [0.1, 0.15) is 5.56 Å². The van der Waals surface area contributed by atoms with E-state index in [1.807, 2.05) is 12.1 Å². The zero-order chi connectivity index (χ0) is 9.68. The first-order valence-corrected chi connectivity index (χ1v) is 4.84. The molecule has 0 atom stereocenters. The molecule has 0 amide bonds. The number of benzene rings is 1. The highest BCUT2D eigenvalue weighted by atomic mass is 35.5. The van der Waals surface area contributed by atoms with E-state index in [0.717, 1.165) is 18.7 Å². The van der Waals surface area contributed by atoms with Crippen LogP contribution in [0.3, 0.4) is 0 Å². The molecule has 3 N–H and O–H groups in total. The van der Waals surface area contributed by atoms with E-state index in [4.69, 9.17) is 28.9 Å². The highest BCUT2D eigenvalue weighted by Gasteiger charge is 1.98. The van der Waals surface area contributed by atoms with Crippen LogP contribution >= 0.6 is 23.2 Å².